The van der Waals surface area contributed by atoms with Crippen LogP contribution in [0, 0.1) is 0 Å². The van der Waals surface area contributed by atoms with Crippen molar-refractivity contribution in [2.45, 2.75) is 12.5 Å². The predicted octanol–water partition coefficient (Wildman–Crippen LogP) is 1.40. The topological polar surface area (TPSA) is 63.3 Å². The van der Waals surface area contributed by atoms with Crippen molar-refractivity contribution in [1.82, 2.24) is 0 Å². The lowest BCUT2D eigenvalue weighted by Gasteiger charge is -2.06. The fourth-order valence-electron chi connectivity index (χ4n) is 1.08. The number of carboxylic acid groups (broad SMARTS) is 1. The van der Waals surface area contributed by atoms with Gasteiger partial charge in [-0.25, -0.2) is 0 Å². The SMILES string of the molecule is NC(CC1=C/C=C\C=C/C=C\1)C(=O)O. The molecular formula is C11H13NO2. The number of nitrogens with two attached hydrogens (primary N) is 1. The van der Waals surface area contributed by atoms with E-state index in [0.717, 1.165) is 5.57 Å². The van der Waals surface area contributed by atoms with Crippen LogP contribution in [0.1, 0.15) is 6.42 Å². The van der Waals surface area contributed by atoms with Crippen LogP contribution in [-0.2, 0) is 4.79 Å². The van der Waals surface area contributed by atoms with E-state index < -0.39 is 12.0 Å². The highest BCUT2D eigenvalue weighted by Gasteiger charge is 2.11. The molecule has 0 saturated heterocycles. The van der Waals surface area contributed by atoms with Crippen molar-refractivity contribution < 1.29 is 9.90 Å². The Bertz CT molecular complexity index is 324. The van der Waals surface area contributed by atoms with Crippen molar-refractivity contribution in [3.8, 4) is 0 Å². The van der Waals surface area contributed by atoms with Crippen LogP contribution >= 0.6 is 0 Å². The molecule has 0 amide bonds. The highest BCUT2D eigenvalue weighted by atomic mass is 16.4. The van der Waals surface area contributed by atoms with Crippen LogP contribution in [0.2, 0.25) is 0 Å². The van der Waals surface area contributed by atoms with E-state index in [-0.39, 0.29) is 0 Å². The minimum atomic E-state index is -0.971. The number of carboxylic acids is 1. The highest BCUT2D eigenvalue weighted by molar-refractivity contribution is 5.73. The molecular weight excluding hydrogens is 178 g/mol. The fourth-order valence-corrected chi connectivity index (χ4v) is 1.08. The van der Waals surface area contributed by atoms with Crippen LogP contribution in [0.15, 0.2) is 48.1 Å². The first-order valence-electron chi connectivity index (χ1n) is 4.39. The molecule has 0 radical (unpaired) electrons. The maximum absolute atomic E-state index is 10.5. The molecule has 3 nitrogen and oxygen atoms in total. The third kappa shape index (κ3) is 3.41. The number of aliphatic carboxylic acids is 1. The average molecular weight is 191 g/mol. The van der Waals surface area contributed by atoms with Gasteiger partial charge < -0.3 is 10.8 Å². The molecule has 0 spiro atoms. The monoisotopic (exact) mass is 191 g/mol. The summed E-state index contributed by atoms with van der Waals surface area (Å²) in [6, 6.07) is -0.831. The molecule has 1 aliphatic carbocycles. The predicted molar refractivity (Wildman–Crippen MR) is 55.7 cm³/mol. The molecule has 0 aromatic heterocycles. The van der Waals surface area contributed by atoms with Gasteiger partial charge in [0.15, 0.2) is 0 Å². The lowest BCUT2D eigenvalue weighted by Crippen LogP contribution is -2.30. The third-order valence-corrected chi connectivity index (χ3v) is 1.84. The molecule has 3 heteroatoms. The Labute approximate surface area is 82.9 Å². The summed E-state index contributed by atoms with van der Waals surface area (Å²) >= 11 is 0. The van der Waals surface area contributed by atoms with Gasteiger partial charge in [-0.15, -0.1) is 0 Å². The largest absolute Gasteiger partial charge is 0.480 e. The van der Waals surface area contributed by atoms with Crippen molar-refractivity contribution >= 4 is 5.97 Å². The summed E-state index contributed by atoms with van der Waals surface area (Å²) in [7, 11) is 0. The summed E-state index contributed by atoms with van der Waals surface area (Å²) in [5.74, 6) is -0.971. The second-order valence-electron chi connectivity index (χ2n) is 3.02. The summed E-state index contributed by atoms with van der Waals surface area (Å²) in [6.07, 6.45) is 13.5. The van der Waals surface area contributed by atoms with Crippen LogP contribution in [0.5, 0.6) is 0 Å². The van der Waals surface area contributed by atoms with E-state index in [0.29, 0.717) is 6.42 Å². The summed E-state index contributed by atoms with van der Waals surface area (Å²) < 4.78 is 0. The highest BCUT2D eigenvalue weighted by Crippen LogP contribution is 2.08. The zero-order chi connectivity index (χ0) is 10.4. The minimum Gasteiger partial charge on any atom is -0.480 e. The van der Waals surface area contributed by atoms with Crippen molar-refractivity contribution in [1.29, 1.82) is 0 Å². The van der Waals surface area contributed by atoms with Gasteiger partial charge in [0.1, 0.15) is 6.04 Å². The molecule has 3 N–H and O–H groups in total. The third-order valence-electron chi connectivity index (χ3n) is 1.84. The Hall–Kier alpha value is -1.61. The van der Waals surface area contributed by atoms with Gasteiger partial charge in [-0.3, -0.25) is 4.79 Å². The van der Waals surface area contributed by atoms with Crippen LogP contribution in [0.4, 0.5) is 0 Å². The summed E-state index contributed by atoms with van der Waals surface area (Å²) in [5.41, 5.74) is 6.34. The lowest BCUT2D eigenvalue weighted by molar-refractivity contribution is -0.138. The van der Waals surface area contributed by atoms with Crippen molar-refractivity contribution in [2.24, 2.45) is 5.73 Å². The number of carbonyl (C=O) groups is 1. The molecule has 0 saturated carbocycles. The summed E-state index contributed by atoms with van der Waals surface area (Å²) in [4.78, 5) is 10.5. The molecule has 74 valence electrons. The van der Waals surface area contributed by atoms with Crippen LogP contribution in [0.3, 0.4) is 0 Å². The van der Waals surface area contributed by atoms with E-state index in [1.54, 1.807) is 0 Å². The van der Waals surface area contributed by atoms with Gasteiger partial charge in [0, 0.05) is 0 Å². The molecule has 1 aliphatic rings. The van der Waals surface area contributed by atoms with Gasteiger partial charge in [0.05, 0.1) is 0 Å². The summed E-state index contributed by atoms with van der Waals surface area (Å²) in [5, 5.41) is 8.63. The van der Waals surface area contributed by atoms with E-state index >= 15 is 0 Å². The smallest absolute Gasteiger partial charge is 0.320 e. The van der Waals surface area contributed by atoms with E-state index in [1.807, 2.05) is 42.5 Å². The molecule has 0 aromatic rings. The van der Waals surface area contributed by atoms with Crippen molar-refractivity contribution in [3.05, 3.63) is 48.1 Å². The van der Waals surface area contributed by atoms with Gasteiger partial charge in [0.25, 0.3) is 0 Å². The second-order valence-corrected chi connectivity index (χ2v) is 3.02. The molecule has 0 aliphatic heterocycles. The standard InChI is InChI=1S/C11H13NO2/c12-10(11(13)14)8-9-6-4-2-1-3-5-7-9/h1-7,10H,8,12H2,(H,13,14)/b2-1-,3-1?,4-2?,5-3-,6-4-,7-5?,9-6?,9-7+. The first-order chi connectivity index (χ1) is 6.70. The number of rotatable bonds is 3. The fraction of sp³-hybridized carbons (Fsp3) is 0.182. The first kappa shape index (κ1) is 10.5. The van der Waals surface area contributed by atoms with E-state index in [9.17, 15) is 4.79 Å². The Morgan fingerprint density at radius 3 is 2.64 bits per heavy atom. The molecule has 0 aromatic carbocycles. The first-order valence-corrected chi connectivity index (χ1v) is 4.39. The molecule has 1 unspecified atom stereocenters. The average Bonchev–Trinajstić information content (AvgIpc) is 2.08. The Kier molecular flexibility index (Phi) is 3.88. The Morgan fingerprint density at radius 2 is 1.93 bits per heavy atom. The van der Waals surface area contributed by atoms with Crippen molar-refractivity contribution in [2.75, 3.05) is 0 Å². The van der Waals surface area contributed by atoms with Crippen molar-refractivity contribution in [3.63, 3.8) is 0 Å². The molecule has 0 bridgehead atoms. The van der Waals surface area contributed by atoms with Crippen LogP contribution < -0.4 is 5.73 Å². The van der Waals surface area contributed by atoms with Gasteiger partial charge in [0.2, 0.25) is 0 Å². The summed E-state index contributed by atoms with van der Waals surface area (Å²) in [6.45, 7) is 0. The molecule has 0 heterocycles. The van der Waals surface area contributed by atoms with Crippen LogP contribution in [-0.4, -0.2) is 17.1 Å². The quantitative estimate of drug-likeness (QED) is 0.708. The van der Waals surface area contributed by atoms with Gasteiger partial charge >= 0.3 is 5.97 Å². The van der Waals surface area contributed by atoms with Gasteiger partial charge in [-0.1, -0.05) is 42.5 Å². The molecule has 1 atom stereocenters. The zero-order valence-corrected chi connectivity index (χ0v) is 7.76. The maximum Gasteiger partial charge on any atom is 0.320 e. The van der Waals surface area contributed by atoms with E-state index in [1.165, 1.54) is 0 Å². The second kappa shape index (κ2) is 5.19. The number of hydrogen-bond donors (Lipinski definition) is 2. The number of allylic oxidation sites excluding steroid dienone is 7. The molecule has 0 fully saturated rings. The van der Waals surface area contributed by atoms with E-state index in [2.05, 4.69) is 0 Å². The minimum absolute atomic E-state index is 0.351. The normalized spacial score (nSPS) is 27.6. The van der Waals surface area contributed by atoms with E-state index in [4.69, 9.17) is 10.8 Å². The van der Waals surface area contributed by atoms with Gasteiger partial charge in [-0.2, -0.15) is 0 Å². The van der Waals surface area contributed by atoms with Crippen LogP contribution in [0.25, 0.3) is 0 Å². The number of hydrogen-bond acceptors (Lipinski definition) is 2. The molecule has 14 heavy (non-hydrogen) atoms. The van der Waals surface area contributed by atoms with Gasteiger partial charge in [-0.05, 0) is 12.0 Å². The maximum atomic E-state index is 10.5. The Balaban J connectivity index is 2.64. The zero-order valence-electron chi connectivity index (χ0n) is 7.76. The molecule has 1 rings (SSSR count). The Morgan fingerprint density at radius 1 is 1.29 bits per heavy atom. The lowest BCUT2D eigenvalue weighted by atomic mass is 10.1.